The van der Waals surface area contributed by atoms with Crippen molar-refractivity contribution in [2.75, 3.05) is 13.2 Å². The molecule has 1 aromatic heterocycles. The lowest BCUT2D eigenvalue weighted by atomic mass is 10.1. The Morgan fingerprint density at radius 1 is 0.581 bits per heavy atom. The number of hydrogen-bond donors (Lipinski definition) is 0. The monoisotopic (exact) mass is 591 g/mol. The van der Waals surface area contributed by atoms with E-state index in [0.717, 1.165) is 60.7 Å². The molecule has 0 unspecified atom stereocenters. The van der Waals surface area contributed by atoms with Gasteiger partial charge in [-0.05, 0) is 37.0 Å². The maximum Gasteiger partial charge on any atom is 0.297 e. The summed E-state index contributed by atoms with van der Waals surface area (Å²) in [6, 6.07) is 16.2. The van der Waals surface area contributed by atoms with Crippen LogP contribution in [0.2, 0.25) is 0 Å². The van der Waals surface area contributed by atoms with Crippen LogP contribution in [0, 0.1) is 0 Å². The van der Waals surface area contributed by atoms with Crippen LogP contribution < -0.4 is 19.8 Å². The van der Waals surface area contributed by atoms with Gasteiger partial charge in [-0.2, -0.15) is 0 Å². The van der Waals surface area contributed by atoms with Crippen molar-refractivity contribution >= 4 is 10.9 Å². The van der Waals surface area contributed by atoms with Gasteiger partial charge in [0.2, 0.25) is 5.75 Å². The van der Waals surface area contributed by atoms with Gasteiger partial charge in [-0.25, -0.2) is 0 Å². The summed E-state index contributed by atoms with van der Waals surface area (Å²) in [4.78, 5) is 14.1. The molecule has 0 saturated heterocycles. The van der Waals surface area contributed by atoms with E-state index >= 15 is 0 Å². The van der Waals surface area contributed by atoms with Gasteiger partial charge in [-0.15, -0.1) is 0 Å². The predicted molar refractivity (Wildman–Crippen MR) is 181 cm³/mol. The zero-order valence-electron chi connectivity index (χ0n) is 27.3. The Hall–Kier alpha value is -2.95. The van der Waals surface area contributed by atoms with Crippen molar-refractivity contribution in [3.05, 3.63) is 64.4 Å². The molecular weight excluding hydrogens is 534 g/mol. The lowest BCUT2D eigenvalue weighted by Gasteiger charge is -2.20. The van der Waals surface area contributed by atoms with Crippen LogP contribution in [0.5, 0.6) is 17.2 Å². The number of nitrogens with zero attached hydrogens (tertiary/aromatic N) is 1. The molecule has 0 aliphatic carbocycles. The fourth-order valence-corrected chi connectivity index (χ4v) is 5.51. The molecule has 0 fully saturated rings. The average molecular weight is 592 g/mol. The van der Waals surface area contributed by atoms with Gasteiger partial charge in [-0.1, -0.05) is 135 Å². The smallest absolute Gasteiger partial charge is 0.297 e. The van der Waals surface area contributed by atoms with Crippen LogP contribution in [0.25, 0.3) is 10.9 Å². The summed E-state index contributed by atoms with van der Waals surface area (Å²) >= 11 is 0. The molecule has 0 radical (unpaired) electrons. The Morgan fingerprint density at radius 3 is 1.79 bits per heavy atom. The van der Waals surface area contributed by atoms with E-state index in [1.54, 1.807) is 0 Å². The van der Waals surface area contributed by atoms with Crippen LogP contribution in [0.15, 0.2) is 53.3 Å². The molecule has 0 N–H and O–H groups in total. The normalized spacial score (nSPS) is 11.2. The van der Waals surface area contributed by atoms with Crippen molar-refractivity contribution in [2.24, 2.45) is 0 Å². The summed E-state index contributed by atoms with van der Waals surface area (Å²) in [6.45, 7) is 8.94. The molecule has 3 aromatic rings. The maximum atomic E-state index is 14.1. The standard InChI is InChI=1S/C38H57NO4/c1-4-7-10-13-15-20-27-39-35-30-33(43-31-32-23-18-17-19-24-32)25-26-34(35)36(41-28-21-12-9-6-3)37(38(39)40)42-29-22-16-14-11-8-5-2/h17-19,23-26,30H,4-16,20-22,27-29,31H2,1-3H3. The van der Waals surface area contributed by atoms with E-state index < -0.39 is 0 Å². The molecule has 238 valence electrons. The van der Waals surface area contributed by atoms with Gasteiger partial charge in [0.1, 0.15) is 12.4 Å². The topological polar surface area (TPSA) is 49.7 Å². The number of aromatic nitrogens is 1. The van der Waals surface area contributed by atoms with Crippen LogP contribution in [0.3, 0.4) is 0 Å². The number of pyridine rings is 1. The number of unbranched alkanes of at least 4 members (excludes halogenated alkanes) is 13. The molecule has 0 aliphatic rings. The van der Waals surface area contributed by atoms with E-state index in [0.29, 0.717) is 37.9 Å². The molecular formula is C38H57NO4. The summed E-state index contributed by atoms with van der Waals surface area (Å²) in [5.74, 6) is 1.72. The second kappa shape index (κ2) is 20.9. The van der Waals surface area contributed by atoms with E-state index in [4.69, 9.17) is 14.2 Å². The summed E-state index contributed by atoms with van der Waals surface area (Å²) in [7, 11) is 0. The zero-order chi connectivity index (χ0) is 30.5. The first-order valence-electron chi connectivity index (χ1n) is 17.3. The minimum atomic E-state index is -0.0872. The fraction of sp³-hybridized carbons (Fsp3) is 0.605. The van der Waals surface area contributed by atoms with Gasteiger partial charge in [0.05, 0.1) is 18.7 Å². The predicted octanol–water partition coefficient (Wildman–Crippen LogP) is 10.6. The lowest BCUT2D eigenvalue weighted by Crippen LogP contribution is -2.24. The average Bonchev–Trinajstić information content (AvgIpc) is 3.03. The molecule has 0 aliphatic heterocycles. The van der Waals surface area contributed by atoms with E-state index in [-0.39, 0.29) is 5.56 Å². The Kier molecular flexibility index (Phi) is 16.8. The molecule has 5 heteroatoms. The van der Waals surface area contributed by atoms with Gasteiger partial charge in [-0.3, -0.25) is 4.79 Å². The highest BCUT2D eigenvalue weighted by Crippen LogP contribution is 2.35. The largest absolute Gasteiger partial charge is 0.489 e. The highest BCUT2D eigenvalue weighted by atomic mass is 16.5. The summed E-state index contributed by atoms with van der Waals surface area (Å²) in [5.41, 5.74) is 1.89. The highest BCUT2D eigenvalue weighted by Gasteiger charge is 2.20. The third-order valence-corrected chi connectivity index (χ3v) is 8.12. The van der Waals surface area contributed by atoms with Crippen molar-refractivity contribution in [1.29, 1.82) is 0 Å². The third-order valence-electron chi connectivity index (χ3n) is 8.12. The minimum absolute atomic E-state index is 0.0872. The lowest BCUT2D eigenvalue weighted by molar-refractivity contribution is 0.256. The SMILES string of the molecule is CCCCCCCCOc1c(OCCCCCC)c2ccc(OCc3ccccc3)cc2n(CCCCCCCC)c1=O. The Balaban J connectivity index is 1.90. The fourth-order valence-electron chi connectivity index (χ4n) is 5.51. The van der Waals surface area contributed by atoms with E-state index in [9.17, 15) is 4.79 Å². The van der Waals surface area contributed by atoms with E-state index in [2.05, 4.69) is 32.9 Å². The molecule has 0 amide bonds. The van der Waals surface area contributed by atoms with E-state index in [1.165, 1.54) is 64.2 Å². The third kappa shape index (κ3) is 11.9. The van der Waals surface area contributed by atoms with Crippen LogP contribution in [-0.4, -0.2) is 17.8 Å². The summed E-state index contributed by atoms with van der Waals surface area (Å²) in [5, 5.41) is 0.922. The molecule has 2 aromatic carbocycles. The van der Waals surface area contributed by atoms with E-state index in [1.807, 2.05) is 41.0 Å². The Bertz CT molecular complexity index is 1220. The number of fused-ring (bicyclic) bond motifs is 1. The van der Waals surface area contributed by atoms with Crippen molar-refractivity contribution < 1.29 is 14.2 Å². The number of hydrogen-bond acceptors (Lipinski definition) is 4. The van der Waals surface area contributed by atoms with Crippen molar-refractivity contribution in [1.82, 2.24) is 4.57 Å². The van der Waals surface area contributed by atoms with Gasteiger partial charge < -0.3 is 18.8 Å². The first kappa shape index (κ1) is 34.5. The molecule has 1 heterocycles. The molecule has 0 saturated carbocycles. The van der Waals surface area contributed by atoms with Crippen LogP contribution in [-0.2, 0) is 13.2 Å². The molecule has 0 bridgehead atoms. The number of aryl methyl sites for hydroxylation is 1. The van der Waals surface area contributed by atoms with Gasteiger partial charge in [0, 0.05) is 18.0 Å². The molecule has 5 nitrogen and oxygen atoms in total. The molecule has 3 rings (SSSR count). The number of ether oxygens (including phenoxy) is 3. The summed E-state index contributed by atoms with van der Waals surface area (Å²) in [6.07, 6.45) is 18.5. The van der Waals surface area contributed by atoms with Crippen molar-refractivity contribution in [2.45, 2.75) is 137 Å². The quantitative estimate of drug-likeness (QED) is 0.0972. The highest BCUT2D eigenvalue weighted by molar-refractivity contribution is 5.89. The zero-order valence-corrected chi connectivity index (χ0v) is 27.3. The minimum Gasteiger partial charge on any atom is -0.489 e. The van der Waals surface area contributed by atoms with Crippen molar-refractivity contribution in [3.63, 3.8) is 0 Å². The molecule has 0 spiro atoms. The van der Waals surface area contributed by atoms with Crippen LogP contribution in [0.1, 0.15) is 129 Å². The maximum absolute atomic E-state index is 14.1. The summed E-state index contributed by atoms with van der Waals surface area (Å²) < 4.78 is 20.8. The van der Waals surface area contributed by atoms with Crippen molar-refractivity contribution in [3.8, 4) is 17.2 Å². The second-order valence-electron chi connectivity index (χ2n) is 11.9. The van der Waals surface area contributed by atoms with Gasteiger partial charge in [0.15, 0.2) is 5.75 Å². The first-order valence-corrected chi connectivity index (χ1v) is 17.3. The Morgan fingerprint density at radius 2 is 1.14 bits per heavy atom. The van der Waals surface area contributed by atoms with Crippen LogP contribution >= 0.6 is 0 Å². The second-order valence-corrected chi connectivity index (χ2v) is 11.9. The Labute approximate surface area is 260 Å². The van der Waals surface area contributed by atoms with Gasteiger partial charge >= 0.3 is 0 Å². The number of benzene rings is 2. The molecule has 43 heavy (non-hydrogen) atoms. The number of rotatable bonds is 24. The first-order chi connectivity index (χ1) is 21.2. The van der Waals surface area contributed by atoms with Gasteiger partial charge in [0.25, 0.3) is 5.56 Å². The van der Waals surface area contributed by atoms with Crippen LogP contribution in [0.4, 0.5) is 0 Å². The molecule has 0 atom stereocenters.